The number of nitrogen functional groups attached to an aromatic ring is 1. The predicted molar refractivity (Wildman–Crippen MR) is 157 cm³/mol. The number of fused-ring (bicyclic) bond motifs is 2. The van der Waals surface area contributed by atoms with E-state index in [1.54, 1.807) is 49.7 Å². The number of anilines is 1. The van der Waals surface area contributed by atoms with Gasteiger partial charge in [0.15, 0.2) is 17.2 Å². The van der Waals surface area contributed by atoms with E-state index in [2.05, 4.69) is 9.97 Å². The molecule has 0 aliphatic rings. The maximum absolute atomic E-state index is 15.0. The van der Waals surface area contributed by atoms with Crippen molar-refractivity contribution in [2.75, 3.05) is 5.73 Å². The molecule has 4 heterocycles. The summed E-state index contributed by atoms with van der Waals surface area (Å²) in [6.45, 7) is 5.40. The summed E-state index contributed by atoms with van der Waals surface area (Å²) in [6.07, 6.45) is 2.54. The van der Waals surface area contributed by atoms with Crippen molar-refractivity contribution in [3.63, 3.8) is 0 Å². The van der Waals surface area contributed by atoms with Gasteiger partial charge in [0.1, 0.15) is 29.3 Å². The lowest BCUT2D eigenvalue weighted by Crippen LogP contribution is -2.23. The fraction of sp³-hybridized carbons (Fsp3) is 0.167. The first-order valence-corrected chi connectivity index (χ1v) is 13.4. The highest BCUT2D eigenvalue weighted by atomic mass is 35.5. The predicted octanol–water partition coefficient (Wildman–Crippen LogP) is 6.08. The molecule has 2 N–H and O–H groups in total. The number of halogens is 3. The van der Waals surface area contributed by atoms with Crippen molar-refractivity contribution in [3.8, 4) is 28.1 Å². The lowest BCUT2D eigenvalue weighted by Gasteiger charge is -2.18. The van der Waals surface area contributed by atoms with Gasteiger partial charge in [-0.3, -0.25) is 9.20 Å². The Hall–Kier alpha value is -4.90. The second kappa shape index (κ2) is 10.5. The molecule has 12 heteroatoms. The normalized spacial score (nSPS) is 12.4. The number of benzene rings is 2. The molecule has 6 rings (SSSR count). The van der Waals surface area contributed by atoms with Crippen LogP contribution < -0.4 is 16.0 Å². The third-order valence-corrected chi connectivity index (χ3v) is 7.00. The van der Waals surface area contributed by atoms with E-state index in [1.807, 2.05) is 0 Å². The fourth-order valence-electron chi connectivity index (χ4n) is 4.93. The summed E-state index contributed by atoms with van der Waals surface area (Å²) in [7, 11) is 0. The molecule has 42 heavy (non-hydrogen) atoms. The van der Waals surface area contributed by atoms with Crippen LogP contribution in [0.2, 0.25) is 5.02 Å². The Labute approximate surface area is 243 Å². The van der Waals surface area contributed by atoms with Gasteiger partial charge in [-0.2, -0.15) is 5.10 Å². The van der Waals surface area contributed by atoms with Crippen LogP contribution in [0.3, 0.4) is 0 Å². The molecule has 0 bridgehead atoms. The lowest BCUT2D eigenvalue weighted by atomic mass is 10.0. The zero-order valence-electron chi connectivity index (χ0n) is 22.7. The molecule has 0 radical (unpaired) electrons. The molecule has 6 aromatic rings. The van der Waals surface area contributed by atoms with E-state index in [1.165, 1.54) is 47.3 Å². The van der Waals surface area contributed by atoms with Gasteiger partial charge in [0.05, 0.1) is 33.8 Å². The second-order valence-corrected chi connectivity index (χ2v) is 10.4. The smallest absolute Gasteiger partial charge is 0.266 e. The van der Waals surface area contributed by atoms with Gasteiger partial charge in [0, 0.05) is 11.8 Å². The average molecular weight is 588 g/mol. The molecule has 0 spiro atoms. The molecular weight excluding hydrogens is 564 g/mol. The van der Waals surface area contributed by atoms with Crippen molar-refractivity contribution in [1.29, 1.82) is 0 Å². The van der Waals surface area contributed by atoms with Crippen LogP contribution in [0.4, 0.5) is 14.6 Å². The van der Waals surface area contributed by atoms with Gasteiger partial charge in [0.2, 0.25) is 0 Å². The summed E-state index contributed by atoms with van der Waals surface area (Å²) in [5.41, 5.74) is 8.09. The Morgan fingerprint density at radius 3 is 2.55 bits per heavy atom. The van der Waals surface area contributed by atoms with Crippen LogP contribution in [0.25, 0.3) is 39.1 Å². The topological polar surface area (TPSA) is 113 Å². The van der Waals surface area contributed by atoms with Crippen LogP contribution in [-0.2, 0) is 0 Å². The number of hydrogen-bond donors (Lipinski definition) is 1. The molecule has 0 fully saturated rings. The Kier molecular flexibility index (Phi) is 6.82. The van der Waals surface area contributed by atoms with Crippen LogP contribution in [-0.4, -0.2) is 35.2 Å². The van der Waals surface area contributed by atoms with Crippen LogP contribution in [0.15, 0.2) is 71.9 Å². The number of nitrogens with zero attached hydrogens (tertiary/aromatic N) is 6. The maximum Gasteiger partial charge on any atom is 0.266 e. The highest BCUT2D eigenvalue weighted by Gasteiger charge is 2.26. The summed E-state index contributed by atoms with van der Waals surface area (Å²) in [6, 6.07) is 12.7. The third-order valence-electron chi connectivity index (χ3n) is 6.78. The first-order chi connectivity index (χ1) is 20.1. The number of ether oxygens (including phenoxy) is 1. The molecule has 0 aliphatic carbocycles. The molecule has 1 atom stereocenters. The van der Waals surface area contributed by atoms with Gasteiger partial charge in [-0.15, -0.1) is 0 Å². The molecule has 1 unspecified atom stereocenters. The molecule has 212 valence electrons. The zero-order chi connectivity index (χ0) is 29.7. The van der Waals surface area contributed by atoms with E-state index in [-0.39, 0.29) is 23.2 Å². The van der Waals surface area contributed by atoms with Crippen molar-refractivity contribution in [3.05, 3.63) is 99.8 Å². The SMILES string of the molecule is CC(C)Oc1ccc(-c2nn(C(C)c3nc4ccc(Cl)cn4c(=O)c3-c3cccc(F)c3)c3ncnc(N)c23)cc1F. The monoisotopic (exact) mass is 587 g/mol. The Morgan fingerprint density at radius 2 is 1.81 bits per heavy atom. The summed E-state index contributed by atoms with van der Waals surface area (Å²) >= 11 is 6.18. The standard InChI is InChI=1S/C30H24ClF2N7O2/c1-15(2)42-22-9-7-18(12-21(22)33)27-25-28(34)35-14-36-29(25)40(38-27)16(3)26-24(17-5-4-6-20(32)11-17)30(41)39-13-19(31)8-10-23(39)37-26/h4-16H,1-3H3,(H2,34,35,36). The van der Waals surface area contributed by atoms with Crippen molar-refractivity contribution >= 4 is 34.1 Å². The molecule has 2 aromatic carbocycles. The van der Waals surface area contributed by atoms with Gasteiger partial charge in [-0.1, -0.05) is 23.7 Å². The van der Waals surface area contributed by atoms with Gasteiger partial charge in [0.25, 0.3) is 5.56 Å². The number of nitrogens with two attached hydrogens (primary N) is 1. The lowest BCUT2D eigenvalue weighted by molar-refractivity contribution is 0.231. The van der Waals surface area contributed by atoms with E-state index in [9.17, 15) is 9.18 Å². The van der Waals surface area contributed by atoms with Gasteiger partial charge >= 0.3 is 0 Å². The average Bonchev–Trinajstić information content (AvgIpc) is 3.35. The first-order valence-electron chi connectivity index (χ1n) is 13.1. The molecular formula is C30H24ClF2N7O2. The highest BCUT2D eigenvalue weighted by Crippen LogP contribution is 2.36. The maximum atomic E-state index is 15.0. The summed E-state index contributed by atoms with van der Waals surface area (Å²) in [4.78, 5) is 27.2. The van der Waals surface area contributed by atoms with Gasteiger partial charge < -0.3 is 10.5 Å². The van der Waals surface area contributed by atoms with Gasteiger partial charge in [-0.05, 0) is 68.8 Å². The van der Waals surface area contributed by atoms with E-state index >= 15 is 4.39 Å². The molecule has 0 saturated heterocycles. The summed E-state index contributed by atoms with van der Waals surface area (Å²) in [5.74, 6) is -0.830. The second-order valence-electron chi connectivity index (χ2n) is 10.0. The van der Waals surface area contributed by atoms with Crippen LogP contribution in [0, 0.1) is 11.6 Å². The Morgan fingerprint density at radius 1 is 1.00 bits per heavy atom. The largest absolute Gasteiger partial charge is 0.488 e. The van der Waals surface area contributed by atoms with Crippen molar-refractivity contribution in [1.82, 2.24) is 29.1 Å². The number of hydrogen-bond acceptors (Lipinski definition) is 7. The minimum absolute atomic E-state index is 0.107. The highest BCUT2D eigenvalue weighted by molar-refractivity contribution is 6.30. The minimum atomic E-state index is -0.712. The number of rotatable bonds is 6. The van der Waals surface area contributed by atoms with Crippen LogP contribution >= 0.6 is 11.6 Å². The Balaban J connectivity index is 1.59. The minimum Gasteiger partial charge on any atom is -0.488 e. The molecule has 4 aromatic heterocycles. The van der Waals surface area contributed by atoms with Crippen LogP contribution in [0.1, 0.15) is 32.5 Å². The van der Waals surface area contributed by atoms with Crippen LogP contribution in [0.5, 0.6) is 5.75 Å². The molecule has 0 saturated carbocycles. The number of aromatic nitrogens is 6. The van der Waals surface area contributed by atoms with Crippen molar-refractivity contribution < 1.29 is 13.5 Å². The summed E-state index contributed by atoms with van der Waals surface area (Å²) < 4.78 is 37.8. The molecule has 9 nitrogen and oxygen atoms in total. The van der Waals surface area contributed by atoms with E-state index < -0.39 is 23.2 Å². The van der Waals surface area contributed by atoms with E-state index in [0.717, 1.165) is 0 Å². The fourth-order valence-corrected chi connectivity index (χ4v) is 5.09. The quantitative estimate of drug-likeness (QED) is 0.251. The molecule has 0 amide bonds. The Bertz CT molecular complexity index is 2060. The first kappa shape index (κ1) is 27.3. The van der Waals surface area contributed by atoms with Gasteiger partial charge in [-0.25, -0.2) is 28.4 Å². The van der Waals surface area contributed by atoms with Crippen molar-refractivity contribution in [2.24, 2.45) is 0 Å². The summed E-state index contributed by atoms with van der Waals surface area (Å²) in [5, 5.41) is 5.53. The van der Waals surface area contributed by atoms with E-state index in [0.29, 0.717) is 44.2 Å². The zero-order valence-corrected chi connectivity index (χ0v) is 23.5. The molecule has 0 aliphatic heterocycles. The number of pyridine rings is 1. The third kappa shape index (κ3) is 4.71. The van der Waals surface area contributed by atoms with Crippen molar-refractivity contribution in [2.45, 2.75) is 32.9 Å². The van der Waals surface area contributed by atoms with E-state index in [4.69, 9.17) is 32.2 Å².